The van der Waals surface area contributed by atoms with Crippen LogP contribution in [0, 0.1) is 0 Å². The van der Waals surface area contributed by atoms with Gasteiger partial charge in [0, 0.05) is 25.7 Å². The molecule has 0 saturated carbocycles. The molecule has 13 heavy (non-hydrogen) atoms. The summed E-state index contributed by atoms with van der Waals surface area (Å²) in [4.78, 5) is 10.3. The summed E-state index contributed by atoms with van der Waals surface area (Å²) in [5.41, 5.74) is 4.89. The molecule has 0 aliphatic rings. The van der Waals surface area contributed by atoms with Crippen molar-refractivity contribution in [1.29, 1.82) is 0 Å². The van der Waals surface area contributed by atoms with Gasteiger partial charge in [0.1, 0.15) is 0 Å². The number of carbonyl (C=O) groups excluding carboxylic acids is 1. The number of nitrogens with one attached hydrogen (secondary N) is 2. The lowest BCUT2D eigenvalue weighted by atomic mass is 10.3. The van der Waals surface area contributed by atoms with Gasteiger partial charge >= 0.3 is 6.03 Å². The summed E-state index contributed by atoms with van der Waals surface area (Å²) in [5, 5.41) is 5.67. The molecular weight excluding hydrogens is 170 g/mol. The van der Waals surface area contributed by atoms with Crippen molar-refractivity contribution in [1.82, 2.24) is 10.6 Å². The predicted molar refractivity (Wildman–Crippen MR) is 51.5 cm³/mol. The predicted octanol–water partition coefficient (Wildman–Crippen LogP) is -0.331. The standard InChI is InChI=1S/C8H19N3O2/c1-3-13-6-7(2)10-4-5-11-8(9)12/h7,10H,3-6H2,1-2H3,(H3,9,11,12). The number of hydrogen-bond acceptors (Lipinski definition) is 3. The zero-order chi connectivity index (χ0) is 10.1. The van der Waals surface area contributed by atoms with Crippen molar-refractivity contribution >= 4 is 6.03 Å². The maximum absolute atomic E-state index is 10.3. The second-order valence-corrected chi connectivity index (χ2v) is 2.81. The normalized spacial score (nSPS) is 12.5. The number of amides is 2. The van der Waals surface area contributed by atoms with Crippen LogP contribution in [-0.2, 0) is 4.74 Å². The first kappa shape index (κ1) is 12.2. The summed E-state index contributed by atoms with van der Waals surface area (Å²) in [5.74, 6) is 0. The van der Waals surface area contributed by atoms with Crippen molar-refractivity contribution in [3.8, 4) is 0 Å². The summed E-state index contributed by atoms with van der Waals surface area (Å²) in [6.45, 7) is 6.66. The molecular formula is C8H19N3O2. The third-order valence-electron chi connectivity index (χ3n) is 1.49. The van der Waals surface area contributed by atoms with Crippen molar-refractivity contribution in [3.63, 3.8) is 0 Å². The molecule has 0 fully saturated rings. The fourth-order valence-electron chi connectivity index (χ4n) is 0.858. The van der Waals surface area contributed by atoms with Crippen LogP contribution in [0.5, 0.6) is 0 Å². The van der Waals surface area contributed by atoms with Crippen LogP contribution < -0.4 is 16.4 Å². The average Bonchev–Trinajstić information content (AvgIpc) is 2.08. The Balaban J connectivity index is 3.16. The van der Waals surface area contributed by atoms with Gasteiger partial charge in [-0.3, -0.25) is 0 Å². The fraction of sp³-hybridized carbons (Fsp3) is 0.875. The number of nitrogens with two attached hydrogens (primary N) is 1. The molecule has 0 aliphatic carbocycles. The Morgan fingerprint density at radius 1 is 1.54 bits per heavy atom. The number of hydrogen-bond donors (Lipinski definition) is 3. The van der Waals surface area contributed by atoms with E-state index in [0.717, 1.165) is 6.61 Å². The molecule has 0 aromatic heterocycles. The van der Waals surface area contributed by atoms with Crippen LogP contribution in [0.1, 0.15) is 13.8 Å². The molecule has 0 saturated heterocycles. The van der Waals surface area contributed by atoms with E-state index in [-0.39, 0.29) is 0 Å². The van der Waals surface area contributed by atoms with Gasteiger partial charge in [0.25, 0.3) is 0 Å². The van der Waals surface area contributed by atoms with Crippen LogP contribution in [0.4, 0.5) is 4.79 Å². The molecule has 0 spiro atoms. The van der Waals surface area contributed by atoms with Gasteiger partial charge in [0.15, 0.2) is 0 Å². The molecule has 2 amide bonds. The van der Waals surface area contributed by atoms with Gasteiger partial charge in [0.2, 0.25) is 0 Å². The molecule has 0 bridgehead atoms. The van der Waals surface area contributed by atoms with E-state index in [4.69, 9.17) is 10.5 Å². The number of primary amides is 1. The highest BCUT2D eigenvalue weighted by Gasteiger charge is 1.99. The molecule has 0 rings (SSSR count). The minimum atomic E-state index is -0.487. The summed E-state index contributed by atoms with van der Waals surface area (Å²) < 4.78 is 5.20. The van der Waals surface area contributed by atoms with E-state index in [1.165, 1.54) is 0 Å². The van der Waals surface area contributed by atoms with Gasteiger partial charge in [-0.1, -0.05) is 0 Å². The second kappa shape index (κ2) is 7.82. The molecule has 0 radical (unpaired) electrons. The first-order valence-electron chi connectivity index (χ1n) is 4.51. The number of rotatable bonds is 7. The second-order valence-electron chi connectivity index (χ2n) is 2.81. The molecule has 0 aromatic rings. The van der Waals surface area contributed by atoms with Crippen LogP contribution in [0.15, 0.2) is 0 Å². The first-order valence-corrected chi connectivity index (χ1v) is 4.51. The highest BCUT2D eigenvalue weighted by Crippen LogP contribution is 1.82. The van der Waals surface area contributed by atoms with Gasteiger partial charge < -0.3 is 21.1 Å². The van der Waals surface area contributed by atoms with Gasteiger partial charge in [0.05, 0.1) is 6.61 Å². The summed E-state index contributed by atoms with van der Waals surface area (Å²) >= 11 is 0. The minimum Gasteiger partial charge on any atom is -0.380 e. The Bertz CT molecular complexity index is 141. The Morgan fingerprint density at radius 3 is 2.77 bits per heavy atom. The largest absolute Gasteiger partial charge is 0.380 e. The zero-order valence-electron chi connectivity index (χ0n) is 8.30. The van der Waals surface area contributed by atoms with Crippen molar-refractivity contribution in [2.24, 2.45) is 5.73 Å². The van der Waals surface area contributed by atoms with E-state index in [9.17, 15) is 4.79 Å². The number of carbonyl (C=O) groups is 1. The van der Waals surface area contributed by atoms with Crippen LogP contribution in [0.2, 0.25) is 0 Å². The van der Waals surface area contributed by atoms with Crippen molar-refractivity contribution in [3.05, 3.63) is 0 Å². The van der Waals surface area contributed by atoms with E-state index in [2.05, 4.69) is 10.6 Å². The smallest absolute Gasteiger partial charge is 0.312 e. The quantitative estimate of drug-likeness (QED) is 0.480. The average molecular weight is 189 g/mol. The Labute approximate surface area is 79.0 Å². The van der Waals surface area contributed by atoms with Crippen LogP contribution in [0.25, 0.3) is 0 Å². The minimum absolute atomic E-state index is 0.301. The summed E-state index contributed by atoms with van der Waals surface area (Å²) in [7, 11) is 0. The Kier molecular flexibility index (Phi) is 7.33. The van der Waals surface area contributed by atoms with Crippen molar-refractivity contribution in [2.45, 2.75) is 19.9 Å². The Morgan fingerprint density at radius 2 is 2.23 bits per heavy atom. The summed E-state index contributed by atoms with van der Waals surface area (Å²) in [6.07, 6.45) is 0. The van der Waals surface area contributed by atoms with Gasteiger partial charge in [-0.05, 0) is 13.8 Å². The number of urea groups is 1. The topological polar surface area (TPSA) is 76.4 Å². The third-order valence-corrected chi connectivity index (χ3v) is 1.49. The van der Waals surface area contributed by atoms with E-state index >= 15 is 0 Å². The van der Waals surface area contributed by atoms with Crippen LogP contribution in [0.3, 0.4) is 0 Å². The van der Waals surface area contributed by atoms with E-state index in [1.54, 1.807) is 0 Å². The SMILES string of the molecule is CCOCC(C)NCCNC(N)=O. The van der Waals surface area contributed by atoms with E-state index in [1.807, 2.05) is 13.8 Å². The van der Waals surface area contributed by atoms with Gasteiger partial charge in [-0.25, -0.2) is 4.79 Å². The highest BCUT2D eigenvalue weighted by molar-refractivity contribution is 5.71. The van der Waals surface area contributed by atoms with Gasteiger partial charge in [-0.2, -0.15) is 0 Å². The first-order chi connectivity index (χ1) is 6.16. The molecule has 5 nitrogen and oxygen atoms in total. The van der Waals surface area contributed by atoms with E-state index in [0.29, 0.717) is 25.7 Å². The molecule has 78 valence electrons. The molecule has 5 heteroatoms. The summed E-state index contributed by atoms with van der Waals surface area (Å²) in [6, 6.07) is -0.186. The highest BCUT2D eigenvalue weighted by atomic mass is 16.5. The Hall–Kier alpha value is -0.810. The fourth-order valence-corrected chi connectivity index (χ4v) is 0.858. The zero-order valence-corrected chi connectivity index (χ0v) is 8.30. The van der Waals surface area contributed by atoms with Crippen LogP contribution in [-0.4, -0.2) is 38.4 Å². The maximum atomic E-state index is 10.3. The molecule has 0 heterocycles. The molecule has 4 N–H and O–H groups in total. The van der Waals surface area contributed by atoms with Crippen molar-refractivity contribution in [2.75, 3.05) is 26.3 Å². The molecule has 1 atom stereocenters. The molecule has 0 aromatic carbocycles. The monoisotopic (exact) mass is 189 g/mol. The maximum Gasteiger partial charge on any atom is 0.312 e. The lowest BCUT2D eigenvalue weighted by Crippen LogP contribution is -2.39. The lowest BCUT2D eigenvalue weighted by Gasteiger charge is -2.13. The van der Waals surface area contributed by atoms with Gasteiger partial charge in [-0.15, -0.1) is 0 Å². The lowest BCUT2D eigenvalue weighted by molar-refractivity contribution is 0.127. The van der Waals surface area contributed by atoms with Crippen molar-refractivity contribution < 1.29 is 9.53 Å². The molecule has 1 unspecified atom stereocenters. The van der Waals surface area contributed by atoms with Crippen LogP contribution >= 0.6 is 0 Å². The third kappa shape index (κ3) is 9.10. The van der Waals surface area contributed by atoms with E-state index < -0.39 is 6.03 Å². The number of ether oxygens (including phenoxy) is 1. The molecule has 0 aliphatic heterocycles.